The van der Waals surface area contributed by atoms with Crippen LogP contribution in [0.5, 0.6) is 0 Å². The summed E-state index contributed by atoms with van der Waals surface area (Å²) in [6, 6.07) is 10.6. The van der Waals surface area contributed by atoms with Gasteiger partial charge in [-0.3, -0.25) is 9.79 Å². The highest BCUT2D eigenvalue weighted by molar-refractivity contribution is 6.42. The van der Waals surface area contributed by atoms with E-state index in [9.17, 15) is 10.0 Å². The molecule has 37 heavy (non-hydrogen) atoms. The molecule has 1 aliphatic carbocycles. The highest BCUT2D eigenvalue weighted by Gasteiger charge is 2.31. The number of aliphatic imine (C=N–C) groups is 1. The van der Waals surface area contributed by atoms with E-state index in [0.717, 1.165) is 29.9 Å². The van der Waals surface area contributed by atoms with Crippen LogP contribution in [0.3, 0.4) is 0 Å². The Bertz CT molecular complexity index is 1370. The van der Waals surface area contributed by atoms with Crippen molar-refractivity contribution in [2.75, 3.05) is 26.2 Å². The second-order valence-corrected chi connectivity index (χ2v) is 12.0. The Hall–Kier alpha value is -2.05. The zero-order valence-electron chi connectivity index (χ0n) is 21.8. The van der Waals surface area contributed by atoms with Crippen molar-refractivity contribution >= 4 is 51.4 Å². The van der Waals surface area contributed by atoms with Crippen LogP contribution in [0.1, 0.15) is 56.9 Å². The molecule has 3 aromatic rings. The monoisotopic (exact) mass is 561 g/mol. The van der Waals surface area contributed by atoms with E-state index in [1.807, 2.05) is 12.1 Å². The molecule has 2 aromatic carbocycles. The van der Waals surface area contributed by atoms with Gasteiger partial charge in [0, 0.05) is 30.4 Å². The maximum atomic E-state index is 13.7. The summed E-state index contributed by atoms with van der Waals surface area (Å²) >= 11 is 18.7. The molecule has 0 amide bonds. The number of hydrogen-bond donors (Lipinski definition) is 1. The molecular weight excluding hydrogens is 529 g/mol. The summed E-state index contributed by atoms with van der Waals surface area (Å²) in [5.41, 5.74) is 3.03. The van der Waals surface area contributed by atoms with Gasteiger partial charge in [-0.2, -0.15) is 4.73 Å². The average molecular weight is 563 g/mol. The largest absolute Gasteiger partial charge is 0.428 e. The van der Waals surface area contributed by atoms with Gasteiger partial charge in [-0.05, 0) is 66.5 Å². The van der Waals surface area contributed by atoms with Gasteiger partial charge in [0.05, 0.1) is 38.8 Å². The van der Waals surface area contributed by atoms with Crippen molar-refractivity contribution in [3.8, 4) is 0 Å². The van der Waals surface area contributed by atoms with Crippen LogP contribution in [0, 0.1) is 11.8 Å². The molecule has 1 aromatic heterocycles. The van der Waals surface area contributed by atoms with Crippen molar-refractivity contribution in [1.29, 1.82) is 0 Å². The Morgan fingerprint density at radius 2 is 1.70 bits per heavy atom. The molecule has 0 saturated carbocycles. The molecule has 1 heterocycles. The van der Waals surface area contributed by atoms with Crippen molar-refractivity contribution in [3.05, 3.63) is 78.5 Å². The minimum absolute atomic E-state index is 0.00834. The summed E-state index contributed by atoms with van der Waals surface area (Å²) in [6.45, 7) is 12.3. The molecule has 1 atom stereocenters. The molecule has 4 rings (SSSR count). The summed E-state index contributed by atoms with van der Waals surface area (Å²) in [7, 11) is 0. The van der Waals surface area contributed by atoms with Crippen molar-refractivity contribution in [3.63, 3.8) is 0 Å². The third-order valence-electron chi connectivity index (χ3n) is 6.75. The first-order chi connectivity index (χ1) is 17.5. The summed E-state index contributed by atoms with van der Waals surface area (Å²) in [6.07, 6.45) is 1.05. The molecule has 0 fully saturated rings. The summed E-state index contributed by atoms with van der Waals surface area (Å²) in [5.74, 6) is 1.10. The van der Waals surface area contributed by atoms with E-state index < -0.39 is 0 Å². The second kappa shape index (κ2) is 11.8. The standard InChI is InChI=1S/C29H34Cl3N3O2/c1-17(2)15-34(16-18(3)4)10-9-33-25-12-20(19-5-7-23(31)24(32)11-19)13-27-28(25)29(36)22-14-21(30)6-8-26(22)35(27)37/h5-8,11,14,17-18,20,37H,9-10,12-13,15-16H2,1-4H3. The topological polar surface area (TPSA) is 57.8 Å². The molecule has 5 nitrogen and oxygen atoms in total. The van der Waals surface area contributed by atoms with E-state index in [2.05, 4.69) is 32.6 Å². The molecule has 0 radical (unpaired) electrons. The zero-order valence-corrected chi connectivity index (χ0v) is 24.0. The van der Waals surface area contributed by atoms with Gasteiger partial charge in [0.1, 0.15) is 0 Å². The Morgan fingerprint density at radius 3 is 2.35 bits per heavy atom. The van der Waals surface area contributed by atoms with Gasteiger partial charge in [0.25, 0.3) is 0 Å². The highest BCUT2D eigenvalue weighted by atomic mass is 35.5. The molecule has 1 aliphatic rings. The second-order valence-electron chi connectivity index (χ2n) is 10.8. The lowest BCUT2D eigenvalue weighted by atomic mass is 9.80. The van der Waals surface area contributed by atoms with Crippen LogP contribution >= 0.6 is 34.8 Å². The first-order valence-electron chi connectivity index (χ1n) is 12.8. The van der Waals surface area contributed by atoms with Crippen LogP contribution in [0.25, 0.3) is 10.9 Å². The predicted molar refractivity (Wildman–Crippen MR) is 155 cm³/mol. The number of hydrogen-bond acceptors (Lipinski definition) is 4. The van der Waals surface area contributed by atoms with E-state index in [1.54, 1.807) is 24.3 Å². The molecule has 1 unspecified atom stereocenters. The Kier molecular flexibility index (Phi) is 8.90. The molecule has 0 aliphatic heterocycles. The molecule has 0 saturated heterocycles. The number of rotatable bonds is 8. The summed E-state index contributed by atoms with van der Waals surface area (Å²) in [5, 5.41) is 13.0. The quantitative estimate of drug-likeness (QED) is 0.292. The van der Waals surface area contributed by atoms with Crippen LogP contribution in [0.15, 0.2) is 46.2 Å². The Morgan fingerprint density at radius 1 is 1.00 bits per heavy atom. The third-order valence-corrected chi connectivity index (χ3v) is 7.73. The Balaban J connectivity index is 1.77. The van der Waals surface area contributed by atoms with Gasteiger partial charge in [-0.25, -0.2) is 0 Å². The molecular formula is C29H34Cl3N3O2. The van der Waals surface area contributed by atoms with Gasteiger partial charge < -0.3 is 10.1 Å². The molecule has 8 heteroatoms. The lowest BCUT2D eigenvalue weighted by Crippen LogP contribution is -2.34. The average Bonchev–Trinajstić information content (AvgIpc) is 2.83. The zero-order chi connectivity index (χ0) is 26.9. The van der Waals surface area contributed by atoms with Gasteiger partial charge >= 0.3 is 0 Å². The van der Waals surface area contributed by atoms with E-state index in [1.165, 1.54) is 0 Å². The highest BCUT2D eigenvalue weighted by Crippen LogP contribution is 2.36. The number of aromatic nitrogens is 1. The summed E-state index contributed by atoms with van der Waals surface area (Å²) in [4.78, 5) is 21.1. The van der Waals surface area contributed by atoms with E-state index in [-0.39, 0.29) is 11.3 Å². The fraction of sp³-hybridized carbons (Fsp3) is 0.448. The lowest BCUT2D eigenvalue weighted by Gasteiger charge is -2.29. The van der Waals surface area contributed by atoms with Crippen LogP contribution in [0.4, 0.5) is 0 Å². The number of halogens is 3. The maximum Gasteiger partial charge on any atom is 0.199 e. The number of pyridine rings is 1. The van der Waals surface area contributed by atoms with E-state index >= 15 is 0 Å². The smallest absolute Gasteiger partial charge is 0.199 e. The van der Waals surface area contributed by atoms with E-state index in [0.29, 0.717) is 74.2 Å². The van der Waals surface area contributed by atoms with Crippen molar-refractivity contribution in [2.45, 2.75) is 46.5 Å². The van der Waals surface area contributed by atoms with Gasteiger partial charge in [-0.1, -0.05) is 68.6 Å². The SMILES string of the molecule is CC(C)CN(CCN=C1CC(c2ccc(Cl)c(Cl)c2)Cc2c1c(=O)c1cc(Cl)ccc1n2O)CC(C)C. The third kappa shape index (κ3) is 6.34. The molecule has 0 bridgehead atoms. The normalized spacial score (nSPS) is 16.9. The number of nitrogens with zero attached hydrogens (tertiary/aromatic N) is 3. The first-order valence-corrected chi connectivity index (χ1v) is 14.0. The van der Waals surface area contributed by atoms with Crippen LogP contribution in [0.2, 0.25) is 15.1 Å². The number of fused-ring (bicyclic) bond motifs is 2. The molecule has 0 spiro atoms. The van der Waals surface area contributed by atoms with Crippen LogP contribution in [-0.4, -0.2) is 46.7 Å². The van der Waals surface area contributed by atoms with Crippen molar-refractivity contribution in [2.24, 2.45) is 16.8 Å². The predicted octanol–water partition coefficient (Wildman–Crippen LogP) is 7.33. The van der Waals surface area contributed by atoms with Crippen LogP contribution < -0.4 is 5.43 Å². The molecule has 1 N–H and O–H groups in total. The van der Waals surface area contributed by atoms with E-state index in [4.69, 9.17) is 39.8 Å². The van der Waals surface area contributed by atoms with Gasteiger partial charge in [0.15, 0.2) is 5.43 Å². The Labute approximate surface area is 233 Å². The van der Waals surface area contributed by atoms with Gasteiger partial charge in [-0.15, -0.1) is 0 Å². The fourth-order valence-corrected chi connectivity index (χ4v) is 5.76. The minimum Gasteiger partial charge on any atom is -0.428 e. The fourth-order valence-electron chi connectivity index (χ4n) is 5.28. The van der Waals surface area contributed by atoms with Crippen molar-refractivity contribution in [1.82, 2.24) is 9.63 Å². The minimum atomic E-state index is -0.148. The summed E-state index contributed by atoms with van der Waals surface area (Å²) < 4.78 is 1.13. The van der Waals surface area contributed by atoms with Gasteiger partial charge in [0.2, 0.25) is 0 Å². The van der Waals surface area contributed by atoms with Crippen molar-refractivity contribution < 1.29 is 5.21 Å². The molecule has 198 valence electrons. The first kappa shape index (κ1) is 28.0. The van der Waals surface area contributed by atoms with Crippen LogP contribution in [-0.2, 0) is 6.42 Å². The maximum absolute atomic E-state index is 13.7. The lowest BCUT2D eigenvalue weighted by molar-refractivity contribution is 0.186. The number of benzene rings is 2.